The second kappa shape index (κ2) is 12.7. The highest BCUT2D eigenvalue weighted by molar-refractivity contribution is 6.74. The Hall–Kier alpha value is -3.67. The highest BCUT2D eigenvalue weighted by Gasteiger charge is 2.58. The summed E-state index contributed by atoms with van der Waals surface area (Å²) in [5, 5.41) is 1.26. The average molecular weight is 597 g/mol. The third-order valence-electron chi connectivity index (χ3n) is 8.15. The Balaban J connectivity index is 1.52. The van der Waals surface area contributed by atoms with Crippen LogP contribution in [0.2, 0.25) is 18.1 Å². The van der Waals surface area contributed by atoms with Crippen LogP contribution in [0.15, 0.2) is 60.2 Å². The molecule has 0 radical (unpaired) electrons. The van der Waals surface area contributed by atoms with Gasteiger partial charge >= 0.3 is 6.16 Å². The summed E-state index contributed by atoms with van der Waals surface area (Å²) in [5.41, 5.74) is 2.24. The van der Waals surface area contributed by atoms with Gasteiger partial charge in [0.25, 0.3) is 0 Å². The topological polar surface area (TPSA) is 104 Å². The first-order valence-corrected chi connectivity index (χ1v) is 16.8. The molecule has 2 aliphatic heterocycles. The minimum atomic E-state index is -2.14. The molecule has 0 spiro atoms. The van der Waals surface area contributed by atoms with Crippen LogP contribution in [0.4, 0.5) is 4.79 Å². The Morgan fingerprint density at radius 1 is 1.02 bits per heavy atom. The number of β-lactam (4-membered cyclic amide) rings is 1. The van der Waals surface area contributed by atoms with Gasteiger partial charge in [0.2, 0.25) is 5.91 Å². The average Bonchev–Trinajstić information content (AvgIpc) is 3.26. The summed E-state index contributed by atoms with van der Waals surface area (Å²) >= 11 is 0. The van der Waals surface area contributed by atoms with Gasteiger partial charge in [-0.2, -0.15) is 0 Å². The van der Waals surface area contributed by atoms with E-state index < -0.39 is 26.6 Å². The van der Waals surface area contributed by atoms with Gasteiger partial charge in [0.05, 0.1) is 40.0 Å². The van der Waals surface area contributed by atoms with Crippen LogP contribution in [0.1, 0.15) is 31.9 Å². The van der Waals surface area contributed by atoms with Gasteiger partial charge in [-0.05, 0) is 47.5 Å². The van der Waals surface area contributed by atoms with Gasteiger partial charge in [0, 0.05) is 11.6 Å². The van der Waals surface area contributed by atoms with E-state index in [2.05, 4.69) is 33.9 Å². The fraction of sp³-hybridized carbons (Fsp3) is 0.452. The zero-order valence-corrected chi connectivity index (χ0v) is 26.3. The van der Waals surface area contributed by atoms with Crippen molar-refractivity contribution in [1.29, 1.82) is 0 Å². The molecule has 226 valence electrons. The monoisotopic (exact) mass is 596 g/mol. The van der Waals surface area contributed by atoms with Crippen LogP contribution in [0, 0.1) is 0 Å². The molecule has 2 fully saturated rings. The molecule has 2 atom stereocenters. The normalized spacial score (nSPS) is 19.7. The van der Waals surface area contributed by atoms with Crippen molar-refractivity contribution in [2.45, 2.75) is 64.1 Å². The van der Waals surface area contributed by atoms with Crippen LogP contribution in [-0.4, -0.2) is 75.6 Å². The molecular formula is C31H40N2O8Si. The number of hydrogen-bond acceptors (Lipinski definition) is 9. The maximum atomic E-state index is 13.4. The predicted octanol–water partition coefficient (Wildman–Crippen LogP) is 4.88. The molecule has 2 aromatic carbocycles. The van der Waals surface area contributed by atoms with E-state index in [1.54, 1.807) is 31.3 Å². The van der Waals surface area contributed by atoms with Gasteiger partial charge in [0.15, 0.2) is 14.1 Å². The molecule has 0 unspecified atom stereocenters. The molecule has 0 aliphatic carbocycles. The summed E-state index contributed by atoms with van der Waals surface area (Å²) in [5.74, 6) is 0.766. The summed E-state index contributed by atoms with van der Waals surface area (Å²) in [6.07, 6.45) is 0.600. The van der Waals surface area contributed by atoms with Crippen LogP contribution < -0.4 is 9.47 Å². The van der Waals surface area contributed by atoms with Crippen molar-refractivity contribution in [2.24, 2.45) is 0 Å². The summed E-state index contributed by atoms with van der Waals surface area (Å²) in [7, 11) is 0.980. The molecular weight excluding hydrogens is 556 g/mol. The zero-order chi connectivity index (χ0) is 30.7. The quantitative estimate of drug-likeness (QED) is 0.155. The molecule has 11 heteroatoms. The summed E-state index contributed by atoms with van der Waals surface area (Å²) < 4.78 is 22.2. The zero-order valence-electron chi connectivity index (χ0n) is 25.3. The SMILES string of the molecule is COc1ccc(CN2C(=O)[C@@H]3[C@H]2/C(=C/C(=O)CO[Si](C)(C)C(C)(C)C)CN3OC(=O)OCc2ccccc2)c(OC)c1. The van der Waals surface area contributed by atoms with Gasteiger partial charge in [-0.25, -0.2) is 4.79 Å². The van der Waals surface area contributed by atoms with Crippen molar-refractivity contribution < 1.29 is 37.9 Å². The molecule has 0 bridgehead atoms. The number of amides is 1. The van der Waals surface area contributed by atoms with Crippen molar-refractivity contribution in [3.05, 3.63) is 71.3 Å². The van der Waals surface area contributed by atoms with E-state index in [1.165, 1.54) is 11.1 Å². The molecule has 10 nitrogen and oxygen atoms in total. The first kappa shape index (κ1) is 31.3. The number of likely N-dealkylation sites (tertiary alicyclic amines) is 1. The van der Waals surface area contributed by atoms with Crippen molar-refractivity contribution in [2.75, 3.05) is 27.4 Å². The second-order valence-corrected chi connectivity index (χ2v) is 16.8. The number of methoxy groups -OCH3 is 2. The number of hydroxylamine groups is 2. The van der Waals surface area contributed by atoms with Crippen LogP contribution in [0.25, 0.3) is 0 Å². The third kappa shape index (κ3) is 6.85. The molecule has 0 N–H and O–H groups in total. The van der Waals surface area contributed by atoms with Crippen LogP contribution in [0.3, 0.4) is 0 Å². The number of hydrogen-bond donors (Lipinski definition) is 0. The van der Waals surface area contributed by atoms with Gasteiger partial charge in [0.1, 0.15) is 24.1 Å². The molecule has 42 heavy (non-hydrogen) atoms. The Morgan fingerprint density at radius 3 is 2.38 bits per heavy atom. The van der Waals surface area contributed by atoms with Gasteiger partial charge in [-0.15, -0.1) is 5.06 Å². The van der Waals surface area contributed by atoms with E-state index in [0.29, 0.717) is 17.1 Å². The Labute approximate surface area is 248 Å². The molecule has 0 aromatic heterocycles. The minimum absolute atomic E-state index is 0.0327. The van der Waals surface area contributed by atoms with Gasteiger partial charge in [-0.3, -0.25) is 9.59 Å². The molecule has 4 rings (SSSR count). The number of rotatable bonds is 11. The Bertz CT molecular complexity index is 1340. The summed E-state index contributed by atoms with van der Waals surface area (Å²) in [6.45, 7) is 10.8. The van der Waals surface area contributed by atoms with E-state index in [4.69, 9.17) is 23.5 Å². The minimum Gasteiger partial charge on any atom is -0.497 e. The molecule has 2 saturated heterocycles. The molecule has 2 heterocycles. The smallest absolute Gasteiger partial charge is 0.497 e. The van der Waals surface area contributed by atoms with Crippen LogP contribution in [0.5, 0.6) is 11.5 Å². The number of ketones is 1. The van der Waals surface area contributed by atoms with E-state index in [0.717, 1.165) is 11.1 Å². The maximum Gasteiger partial charge on any atom is 0.528 e. The maximum absolute atomic E-state index is 13.4. The lowest BCUT2D eigenvalue weighted by Gasteiger charge is -2.45. The van der Waals surface area contributed by atoms with E-state index in [1.807, 2.05) is 36.4 Å². The summed E-state index contributed by atoms with van der Waals surface area (Å²) in [6, 6.07) is 13.4. The van der Waals surface area contributed by atoms with Crippen molar-refractivity contribution >= 4 is 26.2 Å². The number of carbonyl (C=O) groups excluding carboxylic acids is 3. The van der Waals surface area contributed by atoms with Gasteiger partial charge in [-0.1, -0.05) is 51.1 Å². The third-order valence-corrected chi connectivity index (χ3v) is 12.6. The number of carbonyl (C=O) groups is 3. The second-order valence-electron chi connectivity index (χ2n) is 12.0. The Morgan fingerprint density at radius 2 is 1.74 bits per heavy atom. The number of benzene rings is 2. The van der Waals surface area contributed by atoms with E-state index in [-0.39, 0.29) is 43.0 Å². The lowest BCUT2D eigenvalue weighted by Crippen LogP contribution is -2.66. The lowest BCUT2D eigenvalue weighted by molar-refractivity contribution is -0.187. The van der Waals surface area contributed by atoms with E-state index >= 15 is 0 Å². The number of ether oxygens (including phenoxy) is 3. The number of fused-ring (bicyclic) bond motifs is 1. The standard InChI is InChI=1S/C31H40N2O8Si/c1-31(2,3)42(6,7)40-20-24(34)15-23-18-33(41-30(36)39-19-21-11-9-8-10-12-21)28-27(23)32(29(28)35)17-22-13-14-25(37-4)16-26(22)38-5/h8-16,27-28H,17-20H2,1-7H3/b23-15+/t27-,28+/m1/s1. The van der Waals surface area contributed by atoms with Crippen molar-refractivity contribution in [3.63, 3.8) is 0 Å². The first-order chi connectivity index (χ1) is 19.8. The molecule has 0 saturated carbocycles. The largest absolute Gasteiger partial charge is 0.528 e. The molecule has 2 aromatic rings. The molecule has 2 aliphatic rings. The highest BCUT2D eigenvalue weighted by atomic mass is 28.4. The predicted molar refractivity (Wildman–Crippen MR) is 158 cm³/mol. The first-order valence-electron chi connectivity index (χ1n) is 13.9. The fourth-order valence-electron chi connectivity index (χ4n) is 4.70. The van der Waals surface area contributed by atoms with Crippen molar-refractivity contribution in [1.82, 2.24) is 9.96 Å². The van der Waals surface area contributed by atoms with Crippen LogP contribution >= 0.6 is 0 Å². The van der Waals surface area contributed by atoms with E-state index in [9.17, 15) is 14.4 Å². The summed E-state index contributed by atoms with van der Waals surface area (Å²) in [4.78, 5) is 46.2. The number of nitrogens with zero attached hydrogens (tertiary/aromatic N) is 2. The fourth-order valence-corrected chi connectivity index (χ4v) is 5.64. The van der Waals surface area contributed by atoms with Crippen molar-refractivity contribution in [3.8, 4) is 11.5 Å². The highest BCUT2D eigenvalue weighted by Crippen LogP contribution is 2.40. The Kier molecular flexibility index (Phi) is 9.44. The molecule has 1 amide bonds. The van der Waals surface area contributed by atoms with Gasteiger partial charge < -0.3 is 28.4 Å². The van der Waals surface area contributed by atoms with Crippen LogP contribution in [-0.2, 0) is 36.7 Å². The lowest BCUT2D eigenvalue weighted by atomic mass is 9.91.